The zero-order chi connectivity index (χ0) is 12.1. The Morgan fingerprint density at radius 1 is 1.62 bits per heavy atom. The van der Waals surface area contributed by atoms with Crippen molar-refractivity contribution < 1.29 is 14.3 Å². The van der Waals surface area contributed by atoms with Gasteiger partial charge in [0.25, 0.3) is 0 Å². The second-order valence-corrected chi connectivity index (χ2v) is 4.23. The normalized spacial score (nSPS) is 21.9. The summed E-state index contributed by atoms with van der Waals surface area (Å²) in [7, 11) is 1.64. The van der Waals surface area contributed by atoms with Crippen LogP contribution in [-0.2, 0) is 14.3 Å². The molecule has 5 nitrogen and oxygen atoms in total. The molecule has 1 rings (SSSR count). The molecule has 1 fully saturated rings. The molecule has 0 aliphatic carbocycles. The molecule has 0 aromatic heterocycles. The molecule has 6 heteroatoms. The standard InChI is InChI=1S/C10H18N2O3S/c1-7(13)11-9(6-16)10(14)12-4-3-8(5-12)15-2/h8-9,16H,3-6H2,1-2H3,(H,11,13). The molecule has 1 aliphatic heterocycles. The first-order valence-corrected chi connectivity index (χ1v) is 5.91. The van der Waals surface area contributed by atoms with Gasteiger partial charge in [-0.2, -0.15) is 12.6 Å². The van der Waals surface area contributed by atoms with Crippen molar-refractivity contribution in [2.45, 2.75) is 25.5 Å². The largest absolute Gasteiger partial charge is 0.380 e. The Labute approximate surface area is 101 Å². The molecular formula is C10H18N2O3S. The van der Waals surface area contributed by atoms with Crippen LogP contribution in [0.2, 0.25) is 0 Å². The fourth-order valence-electron chi connectivity index (χ4n) is 1.77. The van der Waals surface area contributed by atoms with Gasteiger partial charge in [-0.05, 0) is 6.42 Å². The number of carbonyl (C=O) groups is 2. The molecule has 0 aromatic rings. The third-order valence-electron chi connectivity index (χ3n) is 2.65. The molecule has 1 N–H and O–H groups in total. The summed E-state index contributed by atoms with van der Waals surface area (Å²) in [6.07, 6.45) is 0.962. The Morgan fingerprint density at radius 3 is 2.75 bits per heavy atom. The van der Waals surface area contributed by atoms with Crippen molar-refractivity contribution in [3.63, 3.8) is 0 Å². The smallest absolute Gasteiger partial charge is 0.246 e. The topological polar surface area (TPSA) is 58.6 Å². The van der Waals surface area contributed by atoms with Crippen molar-refractivity contribution >= 4 is 24.4 Å². The first kappa shape index (κ1) is 13.3. The van der Waals surface area contributed by atoms with E-state index in [1.165, 1.54) is 6.92 Å². The lowest BCUT2D eigenvalue weighted by molar-refractivity contribution is -0.134. The van der Waals surface area contributed by atoms with Gasteiger partial charge in [0.2, 0.25) is 11.8 Å². The highest BCUT2D eigenvalue weighted by Gasteiger charge is 2.30. The van der Waals surface area contributed by atoms with Gasteiger partial charge in [-0.1, -0.05) is 0 Å². The van der Waals surface area contributed by atoms with Gasteiger partial charge in [-0.25, -0.2) is 0 Å². The van der Waals surface area contributed by atoms with Crippen LogP contribution >= 0.6 is 12.6 Å². The van der Waals surface area contributed by atoms with E-state index in [0.29, 0.717) is 18.8 Å². The first-order chi connectivity index (χ1) is 7.58. The van der Waals surface area contributed by atoms with Crippen molar-refractivity contribution in [3.8, 4) is 0 Å². The predicted molar refractivity (Wildman–Crippen MR) is 63.5 cm³/mol. The van der Waals surface area contributed by atoms with Crippen LogP contribution in [0.4, 0.5) is 0 Å². The molecule has 2 unspecified atom stereocenters. The number of likely N-dealkylation sites (tertiary alicyclic amines) is 1. The van der Waals surface area contributed by atoms with Crippen molar-refractivity contribution in [2.24, 2.45) is 0 Å². The Hall–Kier alpha value is -0.750. The van der Waals surface area contributed by atoms with Gasteiger partial charge in [0.05, 0.1) is 6.10 Å². The SMILES string of the molecule is COC1CCN(C(=O)C(CS)NC(C)=O)C1. The lowest BCUT2D eigenvalue weighted by Gasteiger charge is -2.22. The second-order valence-electron chi connectivity index (χ2n) is 3.87. The summed E-state index contributed by atoms with van der Waals surface area (Å²) in [6, 6.07) is -0.531. The van der Waals surface area contributed by atoms with Crippen molar-refractivity contribution in [2.75, 3.05) is 26.0 Å². The third kappa shape index (κ3) is 3.38. The highest BCUT2D eigenvalue weighted by atomic mass is 32.1. The number of nitrogens with one attached hydrogen (secondary N) is 1. The number of rotatable bonds is 4. The molecule has 92 valence electrons. The van der Waals surface area contributed by atoms with Crippen LogP contribution in [0, 0.1) is 0 Å². The van der Waals surface area contributed by atoms with Gasteiger partial charge in [-0.3, -0.25) is 9.59 Å². The second kappa shape index (κ2) is 6.10. The monoisotopic (exact) mass is 246 g/mol. The number of hydrogen-bond acceptors (Lipinski definition) is 4. The molecule has 0 saturated carbocycles. The van der Waals surface area contributed by atoms with Crippen LogP contribution in [-0.4, -0.2) is 54.8 Å². The van der Waals surface area contributed by atoms with Crippen LogP contribution < -0.4 is 5.32 Å². The third-order valence-corrected chi connectivity index (χ3v) is 3.01. The lowest BCUT2D eigenvalue weighted by Crippen LogP contribution is -2.48. The van der Waals surface area contributed by atoms with E-state index in [4.69, 9.17) is 4.74 Å². The van der Waals surface area contributed by atoms with Crippen LogP contribution in [0.5, 0.6) is 0 Å². The predicted octanol–water partition coefficient (Wildman–Crippen LogP) is -0.332. The van der Waals surface area contributed by atoms with E-state index in [9.17, 15) is 9.59 Å². The Bertz CT molecular complexity index is 273. The zero-order valence-electron chi connectivity index (χ0n) is 9.60. The van der Waals surface area contributed by atoms with Gasteiger partial charge in [0, 0.05) is 32.9 Å². The minimum Gasteiger partial charge on any atom is -0.380 e. The van der Waals surface area contributed by atoms with Crippen molar-refractivity contribution in [1.29, 1.82) is 0 Å². The fraction of sp³-hybridized carbons (Fsp3) is 0.800. The van der Waals surface area contributed by atoms with Gasteiger partial charge < -0.3 is 15.0 Å². The molecule has 0 radical (unpaired) electrons. The summed E-state index contributed by atoms with van der Waals surface area (Å²) in [6.45, 7) is 2.67. The Kier molecular flexibility index (Phi) is 5.08. The fourth-order valence-corrected chi connectivity index (χ4v) is 2.02. The van der Waals surface area contributed by atoms with E-state index in [2.05, 4.69) is 17.9 Å². The summed E-state index contributed by atoms with van der Waals surface area (Å²) in [5.74, 6) is 0.0201. The van der Waals surface area contributed by atoms with Crippen LogP contribution in [0.1, 0.15) is 13.3 Å². The average Bonchev–Trinajstić information content (AvgIpc) is 2.73. The molecule has 16 heavy (non-hydrogen) atoms. The number of ether oxygens (including phenoxy) is 1. The summed E-state index contributed by atoms with van der Waals surface area (Å²) >= 11 is 4.07. The van der Waals surface area contributed by atoms with Crippen LogP contribution in [0.3, 0.4) is 0 Å². The highest BCUT2D eigenvalue weighted by Crippen LogP contribution is 2.13. The maximum atomic E-state index is 12.0. The van der Waals surface area contributed by atoms with Gasteiger partial charge in [0.1, 0.15) is 6.04 Å². The first-order valence-electron chi connectivity index (χ1n) is 5.28. The Morgan fingerprint density at radius 2 is 2.31 bits per heavy atom. The van der Waals surface area contributed by atoms with Crippen LogP contribution in [0.25, 0.3) is 0 Å². The quantitative estimate of drug-likeness (QED) is 0.668. The number of nitrogens with zero attached hydrogens (tertiary/aromatic N) is 1. The molecular weight excluding hydrogens is 228 g/mol. The molecule has 0 spiro atoms. The molecule has 1 saturated heterocycles. The molecule has 2 amide bonds. The molecule has 2 atom stereocenters. The van der Waals surface area contributed by atoms with E-state index in [-0.39, 0.29) is 17.9 Å². The lowest BCUT2D eigenvalue weighted by atomic mass is 10.3. The summed E-state index contributed by atoms with van der Waals surface area (Å²) in [4.78, 5) is 24.6. The highest BCUT2D eigenvalue weighted by molar-refractivity contribution is 7.80. The van der Waals surface area contributed by atoms with Gasteiger partial charge in [0.15, 0.2) is 0 Å². The number of methoxy groups -OCH3 is 1. The molecule has 1 heterocycles. The van der Waals surface area contributed by atoms with Crippen LogP contribution in [0.15, 0.2) is 0 Å². The minimum atomic E-state index is -0.531. The summed E-state index contributed by atoms with van der Waals surface area (Å²) < 4.78 is 5.19. The maximum Gasteiger partial charge on any atom is 0.246 e. The number of amides is 2. The van der Waals surface area contributed by atoms with E-state index in [1.54, 1.807) is 12.0 Å². The zero-order valence-corrected chi connectivity index (χ0v) is 10.5. The van der Waals surface area contributed by atoms with E-state index < -0.39 is 6.04 Å². The molecule has 1 aliphatic rings. The van der Waals surface area contributed by atoms with Gasteiger partial charge in [-0.15, -0.1) is 0 Å². The number of hydrogen-bond donors (Lipinski definition) is 2. The van der Waals surface area contributed by atoms with Crippen molar-refractivity contribution in [1.82, 2.24) is 10.2 Å². The Balaban J connectivity index is 2.52. The summed E-state index contributed by atoms with van der Waals surface area (Å²) in [5.41, 5.74) is 0. The maximum absolute atomic E-state index is 12.0. The number of carbonyl (C=O) groups excluding carboxylic acids is 2. The molecule has 0 aromatic carbocycles. The summed E-state index contributed by atoms with van der Waals surface area (Å²) in [5, 5.41) is 2.59. The van der Waals surface area contributed by atoms with E-state index in [0.717, 1.165) is 6.42 Å². The van der Waals surface area contributed by atoms with E-state index in [1.807, 2.05) is 0 Å². The van der Waals surface area contributed by atoms with Crippen molar-refractivity contribution in [3.05, 3.63) is 0 Å². The molecule has 0 bridgehead atoms. The van der Waals surface area contributed by atoms with E-state index >= 15 is 0 Å². The van der Waals surface area contributed by atoms with Gasteiger partial charge >= 0.3 is 0 Å². The minimum absolute atomic E-state index is 0.0789. The average molecular weight is 246 g/mol. The number of thiol groups is 1.